The number of aryl methyl sites for hydroxylation is 2. The van der Waals surface area contributed by atoms with E-state index in [2.05, 4.69) is 11.9 Å². The number of nitrogens with zero attached hydrogens (tertiary/aromatic N) is 3. The summed E-state index contributed by atoms with van der Waals surface area (Å²) >= 11 is 6.34. The highest BCUT2D eigenvalue weighted by Gasteiger charge is 2.43. The van der Waals surface area contributed by atoms with Gasteiger partial charge < -0.3 is 9.80 Å². The quantitative estimate of drug-likeness (QED) is 0.728. The highest BCUT2D eigenvalue weighted by atomic mass is 35.5. The smallest absolute Gasteiger partial charge is 0.282 e. The largest absolute Gasteiger partial charge is 0.364 e. The zero-order valence-electron chi connectivity index (χ0n) is 16.9. The van der Waals surface area contributed by atoms with Crippen LogP contribution in [0.4, 0.5) is 5.69 Å². The number of benzene rings is 2. The molecule has 5 nitrogen and oxygen atoms in total. The lowest BCUT2D eigenvalue weighted by Gasteiger charge is -2.34. The van der Waals surface area contributed by atoms with Gasteiger partial charge in [0.1, 0.15) is 5.70 Å². The minimum absolute atomic E-state index is 0.305. The van der Waals surface area contributed by atoms with Crippen LogP contribution in [0.1, 0.15) is 16.7 Å². The van der Waals surface area contributed by atoms with Gasteiger partial charge in [-0.25, -0.2) is 4.90 Å². The third kappa shape index (κ3) is 3.45. The monoisotopic (exact) mass is 409 g/mol. The Balaban J connectivity index is 1.85. The van der Waals surface area contributed by atoms with Crippen LogP contribution in [0.5, 0.6) is 0 Å². The number of carbonyl (C=O) groups excluding carboxylic acids is 2. The van der Waals surface area contributed by atoms with Crippen molar-refractivity contribution >= 4 is 34.7 Å². The Morgan fingerprint density at radius 1 is 0.862 bits per heavy atom. The summed E-state index contributed by atoms with van der Waals surface area (Å²) in [7, 11) is 2.06. The average Bonchev–Trinajstić information content (AvgIpc) is 2.96. The summed E-state index contributed by atoms with van der Waals surface area (Å²) in [5.74, 6) is -0.624. The Morgan fingerprint density at radius 3 is 2.21 bits per heavy atom. The van der Waals surface area contributed by atoms with E-state index in [0.29, 0.717) is 35.1 Å². The Kier molecular flexibility index (Phi) is 5.19. The average molecular weight is 410 g/mol. The van der Waals surface area contributed by atoms with Crippen LogP contribution in [-0.4, -0.2) is 54.8 Å². The number of likely N-dealkylation sites (N-methyl/N-ethyl adjacent to an activating group) is 1. The van der Waals surface area contributed by atoms with Crippen molar-refractivity contribution in [1.29, 1.82) is 0 Å². The van der Waals surface area contributed by atoms with E-state index in [1.165, 1.54) is 4.90 Å². The molecule has 2 aliphatic heterocycles. The zero-order valence-corrected chi connectivity index (χ0v) is 17.7. The molecule has 1 saturated heterocycles. The van der Waals surface area contributed by atoms with Gasteiger partial charge in [0.2, 0.25) is 0 Å². The molecule has 0 spiro atoms. The Labute approximate surface area is 176 Å². The lowest BCUT2D eigenvalue weighted by Crippen LogP contribution is -2.46. The summed E-state index contributed by atoms with van der Waals surface area (Å²) < 4.78 is 0. The fourth-order valence-electron chi connectivity index (χ4n) is 3.85. The topological polar surface area (TPSA) is 43.9 Å². The summed E-state index contributed by atoms with van der Waals surface area (Å²) in [5, 5.41) is 0.383. The van der Waals surface area contributed by atoms with Gasteiger partial charge in [-0.3, -0.25) is 9.59 Å². The van der Waals surface area contributed by atoms with Gasteiger partial charge in [0.15, 0.2) is 0 Å². The van der Waals surface area contributed by atoms with Crippen molar-refractivity contribution in [3.63, 3.8) is 0 Å². The third-order valence-corrected chi connectivity index (χ3v) is 6.09. The SMILES string of the molecule is Cc1ccc(C2=C(N3CCN(C)CC3)C(=O)N(c3ccccc3Cl)C2=O)cc1C. The first-order valence-electron chi connectivity index (χ1n) is 9.77. The maximum absolute atomic E-state index is 13.5. The number of carbonyl (C=O) groups is 2. The van der Waals surface area contributed by atoms with Crippen LogP contribution in [0.25, 0.3) is 5.57 Å². The summed E-state index contributed by atoms with van der Waals surface area (Å²) in [6.45, 7) is 7.15. The van der Waals surface area contributed by atoms with Crippen molar-refractivity contribution in [2.45, 2.75) is 13.8 Å². The van der Waals surface area contributed by atoms with Crippen LogP contribution < -0.4 is 4.90 Å². The lowest BCUT2D eigenvalue weighted by molar-refractivity contribution is -0.120. The molecule has 1 fully saturated rings. The maximum atomic E-state index is 13.5. The van der Waals surface area contributed by atoms with Crippen LogP contribution in [0, 0.1) is 13.8 Å². The van der Waals surface area contributed by atoms with Gasteiger partial charge in [0.25, 0.3) is 11.8 Å². The van der Waals surface area contributed by atoms with E-state index in [1.54, 1.807) is 24.3 Å². The molecule has 0 unspecified atom stereocenters. The van der Waals surface area contributed by atoms with E-state index in [4.69, 9.17) is 11.6 Å². The number of rotatable bonds is 3. The fourth-order valence-corrected chi connectivity index (χ4v) is 4.07. The summed E-state index contributed by atoms with van der Waals surface area (Å²) in [6.07, 6.45) is 0. The molecule has 2 aromatic rings. The first-order valence-corrected chi connectivity index (χ1v) is 10.1. The van der Waals surface area contributed by atoms with E-state index in [0.717, 1.165) is 29.8 Å². The van der Waals surface area contributed by atoms with Crippen molar-refractivity contribution < 1.29 is 9.59 Å². The van der Waals surface area contributed by atoms with Crippen molar-refractivity contribution in [3.8, 4) is 0 Å². The molecule has 0 saturated carbocycles. The molecule has 0 radical (unpaired) electrons. The minimum atomic E-state index is -0.319. The summed E-state index contributed by atoms with van der Waals surface area (Å²) in [4.78, 5) is 32.5. The number of piperazine rings is 1. The first-order chi connectivity index (χ1) is 13.9. The molecular formula is C23H24ClN3O2. The van der Waals surface area contributed by atoms with Gasteiger partial charge >= 0.3 is 0 Å². The molecule has 0 N–H and O–H groups in total. The molecule has 2 aliphatic rings. The van der Waals surface area contributed by atoms with E-state index < -0.39 is 0 Å². The number of anilines is 1. The molecule has 29 heavy (non-hydrogen) atoms. The Bertz CT molecular complexity index is 1020. The number of hydrogen-bond donors (Lipinski definition) is 0. The van der Waals surface area contributed by atoms with E-state index in [-0.39, 0.29) is 11.8 Å². The second-order valence-corrected chi connectivity index (χ2v) is 8.12. The van der Waals surface area contributed by atoms with E-state index in [9.17, 15) is 9.59 Å². The van der Waals surface area contributed by atoms with Gasteiger partial charge in [-0.05, 0) is 49.7 Å². The molecule has 0 atom stereocenters. The second kappa shape index (κ2) is 7.65. The van der Waals surface area contributed by atoms with Crippen LogP contribution in [0.3, 0.4) is 0 Å². The van der Waals surface area contributed by atoms with Gasteiger partial charge in [0, 0.05) is 26.2 Å². The molecule has 150 valence electrons. The maximum Gasteiger partial charge on any atom is 0.282 e. The standard InChI is InChI=1S/C23H24ClN3O2/c1-15-8-9-17(14-16(15)2)20-21(26-12-10-25(3)11-13-26)23(29)27(22(20)28)19-7-5-4-6-18(19)24/h4-9,14H,10-13H2,1-3H3. The molecule has 2 heterocycles. The van der Waals surface area contributed by atoms with E-state index >= 15 is 0 Å². The number of para-hydroxylation sites is 1. The first kappa shape index (κ1) is 19.7. The number of halogens is 1. The fraction of sp³-hybridized carbons (Fsp3) is 0.304. The number of hydrogen-bond acceptors (Lipinski definition) is 4. The van der Waals surface area contributed by atoms with Gasteiger partial charge in [-0.15, -0.1) is 0 Å². The van der Waals surface area contributed by atoms with Crippen LogP contribution in [0.15, 0.2) is 48.2 Å². The molecule has 0 aliphatic carbocycles. The van der Waals surface area contributed by atoms with Crippen molar-refractivity contribution in [3.05, 3.63) is 69.9 Å². The van der Waals surface area contributed by atoms with Crippen molar-refractivity contribution in [2.24, 2.45) is 0 Å². The second-order valence-electron chi connectivity index (χ2n) is 7.71. The normalized spacial score (nSPS) is 18.2. The van der Waals surface area contributed by atoms with Gasteiger partial charge in [0.05, 0.1) is 16.3 Å². The van der Waals surface area contributed by atoms with E-state index in [1.807, 2.05) is 36.9 Å². The number of amides is 2. The summed E-state index contributed by atoms with van der Waals surface area (Å²) in [6, 6.07) is 12.9. The summed E-state index contributed by atoms with van der Waals surface area (Å²) in [5.41, 5.74) is 4.37. The lowest BCUT2D eigenvalue weighted by atomic mass is 9.99. The molecule has 2 aromatic carbocycles. The molecule has 4 rings (SSSR count). The van der Waals surface area contributed by atoms with Crippen LogP contribution in [0.2, 0.25) is 5.02 Å². The van der Waals surface area contributed by atoms with Crippen LogP contribution >= 0.6 is 11.6 Å². The third-order valence-electron chi connectivity index (χ3n) is 5.77. The zero-order chi connectivity index (χ0) is 20.7. The minimum Gasteiger partial charge on any atom is -0.364 e. The molecule has 6 heteroatoms. The highest BCUT2D eigenvalue weighted by Crippen LogP contribution is 2.38. The Hall–Kier alpha value is -2.63. The van der Waals surface area contributed by atoms with Gasteiger partial charge in [-0.2, -0.15) is 0 Å². The predicted octanol–water partition coefficient (Wildman–Crippen LogP) is 3.49. The molecular weight excluding hydrogens is 386 g/mol. The predicted molar refractivity (Wildman–Crippen MR) is 116 cm³/mol. The van der Waals surface area contributed by atoms with Crippen molar-refractivity contribution in [2.75, 3.05) is 38.1 Å². The highest BCUT2D eigenvalue weighted by molar-refractivity contribution is 6.47. The van der Waals surface area contributed by atoms with Crippen molar-refractivity contribution in [1.82, 2.24) is 9.80 Å². The Morgan fingerprint density at radius 2 is 1.55 bits per heavy atom. The molecule has 2 amide bonds. The number of imide groups is 1. The molecule has 0 aromatic heterocycles. The van der Waals surface area contributed by atoms with Crippen LogP contribution in [-0.2, 0) is 9.59 Å². The van der Waals surface area contributed by atoms with Gasteiger partial charge in [-0.1, -0.05) is 41.9 Å². The molecule has 0 bridgehead atoms.